The van der Waals surface area contributed by atoms with Gasteiger partial charge >= 0.3 is 0 Å². The lowest BCUT2D eigenvalue weighted by Gasteiger charge is -1.95. The van der Waals surface area contributed by atoms with Crippen LogP contribution in [-0.2, 0) is 0 Å². The molecule has 1 aromatic carbocycles. The van der Waals surface area contributed by atoms with Gasteiger partial charge in [0.2, 0.25) is 0 Å². The molecule has 0 aliphatic rings. The van der Waals surface area contributed by atoms with Gasteiger partial charge in [-0.2, -0.15) is 0 Å². The molecule has 15 heavy (non-hydrogen) atoms. The van der Waals surface area contributed by atoms with Crippen LogP contribution in [0.1, 0.15) is 0 Å². The van der Waals surface area contributed by atoms with Crippen LogP contribution in [0.15, 0.2) is 35.1 Å². The van der Waals surface area contributed by atoms with Crippen molar-refractivity contribution >= 4 is 49.3 Å². The maximum absolute atomic E-state index is 6.02. The SMILES string of the molecule is Clc1cc(Br)c2[nH]c3cnccc3c2c1. The molecule has 2 heterocycles. The number of fused-ring (bicyclic) bond motifs is 3. The zero-order valence-corrected chi connectivity index (χ0v) is 9.93. The van der Waals surface area contributed by atoms with Crippen LogP contribution < -0.4 is 0 Å². The quantitative estimate of drug-likeness (QED) is 0.659. The zero-order chi connectivity index (χ0) is 10.4. The highest BCUT2D eigenvalue weighted by atomic mass is 79.9. The number of hydrogen-bond donors (Lipinski definition) is 1. The first-order chi connectivity index (χ1) is 7.25. The van der Waals surface area contributed by atoms with E-state index >= 15 is 0 Å². The first kappa shape index (κ1) is 9.19. The Hall–Kier alpha value is -1.06. The Kier molecular flexibility index (Phi) is 1.97. The molecule has 0 unspecified atom stereocenters. The van der Waals surface area contributed by atoms with Crippen molar-refractivity contribution in [2.45, 2.75) is 0 Å². The molecule has 0 saturated heterocycles. The van der Waals surface area contributed by atoms with Gasteiger partial charge in [-0.25, -0.2) is 0 Å². The van der Waals surface area contributed by atoms with Crippen molar-refractivity contribution < 1.29 is 0 Å². The summed E-state index contributed by atoms with van der Waals surface area (Å²) < 4.78 is 0.973. The molecule has 2 aromatic heterocycles. The Labute approximate surface area is 99.4 Å². The number of H-pyrrole nitrogens is 1. The molecule has 0 atom stereocenters. The molecule has 0 spiro atoms. The van der Waals surface area contributed by atoms with Gasteiger partial charge < -0.3 is 4.98 Å². The number of halogens is 2. The number of nitrogens with one attached hydrogen (secondary N) is 1. The highest BCUT2D eigenvalue weighted by Gasteiger charge is 2.07. The van der Waals surface area contributed by atoms with E-state index in [2.05, 4.69) is 25.9 Å². The molecular weight excluding hydrogens is 275 g/mol. The number of rotatable bonds is 0. The van der Waals surface area contributed by atoms with Gasteiger partial charge in [-0.1, -0.05) is 11.6 Å². The Morgan fingerprint density at radius 3 is 3.00 bits per heavy atom. The normalized spacial score (nSPS) is 11.3. The van der Waals surface area contributed by atoms with E-state index in [9.17, 15) is 0 Å². The van der Waals surface area contributed by atoms with Crippen molar-refractivity contribution in [3.63, 3.8) is 0 Å². The van der Waals surface area contributed by atoms with E-state index in [0.29, 0.717) is 0 Å². The van der Waals surface area contributed by atoms with Crippen LogP contribution >= 0.6 is 27.5 Å². The van der Waals surface area contributed by atoms with Gasteiger partial charge in [0.1, 0.15) is 0 Å². The summed E-state index contributed by atoms with van der Waals surface area (Å²) in [4.78, 5) is 7.39. The third kappa shape index (κ3) is 1.34. The van der Waals surface area contributed by atoms with E-state index in [1.54, 1.807) is 6.20 Å². The number of aromatic nitrogens is 2. The summed E-state index contributed by atoms with van der Waals surface area (Å²) >= 11 is 9.51. The predicted octanol–water partition coefficient (Wildman–Crippen LogP) is 4.13. The molecule has 4 heteroatoms. The Morgan fingerprint density at radius 1 is 1.27 bits per heavy atom. The molecule has 0 aliphatic carbocycles. The van der Waals surface area contributed by atoms with Crippen molar-refractivity contribution in [2.24, 2.45) is 0 Å². The van der Waals surface area contributed by atoms with Crippen LogP contribution in [0.4, 0.5) is 0 Å². The number of hydrogen-bond acceptors (Lipinski definition) is 1. The summed E-state index contributed by atoms with van der Waals surface area (Å²) in [5.41, 5.74) is 2.08. The maximum Gasteiger partial charge on any atom is 0.0651 e. The monoisotopic (exact) mass is 280 g/mol. The molecule has 3 rings (SSSR count). The van der Waals surface area contributed by atoms with E-state index in [1.807, 2.05) is 24.4 Å². The van der Waals surface area contributed by atoms with Crippen LogP contribution in [0.5, 0.6) is 0 Å². The Bertz CT molecular complexity index is 660. The fourth-order valence-corrected chi connectivity index (χ4v) is 2.69. The number of aromatic amines is 1. The number of nitrogens with zero attached hydrogens (tertiary/aromatic N) is 1. The fraction of sp³-hybridized carbons (Fsp3) is 0. The van der Waals surface area contributed by atoms with Crippen LogP contribution in [0.3, 0.4) is 0 Å². The Balaban J connectivity index is 2.61. The van der Waals surface area contributed by atoms with Gasteiger partial charge in [-0.15, -0.1) is 0 Å². The molecule has 0 bridgehead atoms. The van der Waals surface area contributed by atoms with Gasteiger partial charge in [0.05, 0.1) is 17.2 Å². The van der Waals surface area contributed by atoms with Crippen molar-refractivity contribution in [1.82, 2.24) is 9.97 Å². The van der Waals surface area contributed by atoms with E-state index in [4.69, 9.17) is 11.6 Å². The summed E-state index contributed by atoms with van der Waals surface area (Å²) in [6, 6.07) is 5.82. The van der Waals surface area contributed by atoms with E-state index in [1.165, 1.54) is 0 Å². The number of pyridine rings is 1. The minimum atomic E-state index is 0.729. The van der Waals surface area contributed by atoms with Crippen LogP contribution in [0, 0.1) is 0 Å². The third-order valence-corrected chi connectivity index (χ3v) is 3.27. The molecule has 0 amide bonds. The van der Waals surface area contributed by atoms with Crippen molar-refractivity contribution in [3.8, 4) is 0 Å². The fourth-order valence-electron chi connectivity index (χ4n) is 1.78. The average Bonchev–Trinajstić information content (AvgIpc) is 2.57. The van der Waals surface area contributed by atoms with Gasteiger partial charge in [-0.05, 0) is 34.1 Å². The van der Waals surface area contributed by atoms with Crippen LogP contribution in [0.25, 0.3) is 21.8 Å². The molecule has 1 N–H and O–H groups in total. The highest BCUT2D eigenvalue weighted by molar-refractivity contribution is 9.10. The first-order valence-electron chi connectivity index (χ1n) is 4.46. The van der Waals surface area contributed by atoms with Crippen LogP contribution in [-0.4, -0.2) is 9.97 Å². The Morgan fingerprint density at radius 2 is 2.13 bits per heavy atom. The average molecular weight is 282 g/mol. The standard InChI is InChI=1S/C11H6BrClN2/c12-9-4-6(13)3-8-7-1-2-14-5-10(7)15-11(8)9/h1-5,15H. The van der Waals surface area contributed by atoms with Crippen molar-refractivity contribution in [1.29, 1.82) is 0 Å². The third-order valence-electron chi connectivity index (χ3n) is 2.43. The summed E-state index contributed by atoms with van der Waals surface area (Å²) in [5, 5.41) is 2.99. The molecule has 0 saturated carbocycles. The van der Waals surface area contributed by atoms with E-state index < -0.39 is 0 Å². The second-order valence-electron chi connectivity index (χ2n) is 3.36. The van der Waals surface area contributed by atoms with E-state index in [0.717, 1.165) is 31.3 Å². The van der Waals surface area contributed by atoms with Crippen LogP contribution in [0.2, 0.25) is 5.02 Å². The topological polar surface area (TPSA) is 28.7 Å². The minimum absolute atomic E-state index is 0.729. The first-order valence-corrected chi connectivity index (χ1v) is 5.63. The predicted molar refractivity (Wildman–Crippen MR) is 66.3 cm³/mol. The minimum Gasteiger partial charge on any atom is -0.352 e. The van der Waals surface area contributed by atoms with Gasteiger partial charge in [0.25, 0.3) is 0 Å². The lowest BCUT2D eigenvalue weighted by atomic mass is 10.2. The van der Waals surface area contributed by atoms with Crippen molar-refractivity contribution in [2.75, 3.05) is 0 Å². The zero-order valence-electron chi connectivity index (χ0n) is 7.59. The molecule has 74 valence electrons. The summed E-state index contributed by atoms with van der Waals surface area (Å²) in [6.45, 7) is 0. The summed E-state index contributed by atoms with van der Waals surface area (Å²) in [5.74, 6) is 0. The largest absolute Gasteiger partial charge is 0.352 e. The number of benzene rings is 1. The second kappa shape index (κ2) is 3.22. The molecule has 2 nitrogen and oxygen atoms in total. The summed E-state index contributed by atoms with van der Waals surface area (Å²) in [7, 11) is 0. The lowest BCUT2D eigenvalue weighted by molar-refractivity contribution is 1.35. The maximum atomic E-state index is 6.02. The molecule has 3 aromatic rings. The van der Waals surface area contributed by atoms with E-state index in [-0.39, 0.29) is 0 Å². The second-order valence-corrected chi connectivity index (χ2v) is 4.65. The molecule has 0 aliphatic heterocycles. The lowest BCUT2D eigenvalue weighted by Crippen LogP contribution is -1.71. The van der Waals surface area contributed by atoms with Gasteiger partial charge in [0.15, 0.2) is 0 Å². The summed E-state index contributed by atoms with van der Waals surface area (Å²) in [6.07, 6.45) is 3.60. The molecular formula is C11H6BrClN2. The molecule has 0 radical (unpaired) electrons. The molecule has 0 fully saturated rings. The van der Waals surface area contributed by atoms with Gasteiger partial charge in [0, 0.05) is 26.5 Å². The highest BCUT2D eigenvalue weighted by Crippen LogP contribution is 2.32. The van der Waals surface area contributed by atoms with Gasteiger partial charge in [-0.3, -0.25) is 4.98 Å². The smallest absolute Gasteiger partial charge is 0.0651 e. The van der Waals surface area contributed by atoms with Crippen molar-refractivity contribution in [3.05, 3.63) is 40.1 Å².